The van der Waals surface area contributed by atoms with Crippen molar-refractivity contribution in [2.24, 2.45) is 0 Å². The molecule has 0 unspecified atom stereocenters. The first-order valence-corrected chi connectivity index (χ1v) is 3.94. The highest BCUT2D eigenvalue weighted by atomic mass is 16.5. The van der Waals surface area contributed by atoms with Crippen LogP contribution in [-0.2, 0) is 4.79 Å². The molecule has 1 aromatic heterocycles. The number of hydrogen-bond acceptors (Lipinski definition) is 4. The van der Waals surface area contributed by atoms with E-state index >= 15 is 0 Å². The number of hydrogen-bond donors (Lipinski definition) is 1. The molecular weight excluding hydrogens is 186 g/mol. The third kappa shape index (κ3) is 1.52. The van der Waals surface area contributed by atoms with Crippen molar-refractivity contribution >= 4 is 17.1 Å². The molecular formula is C9H7NO4. The summed E-state index contributed by atoms with van der Waals surface area (Å²) in [6.45, 7) is -0.383. The van der Waals surface area contributed by atoms with Gasteiger partial charge in [0.05, 0.1) is 0 Å². The van der Waals surface area contributed by atoms with Crippen LogP contribution in [-0.4, -0.2) is 22.7 Å². The quantitative estimate of drug-likeness (QED) is 0.795. The third-order valence-corrected chi connectivity index (χ3v) is 1.67. The molecule has 1 N–H and O–H groups in total. The number of ether oxygens (including phenoxy) is 1. The largest absolute Gasteiger partial charge is 0.479 e. The van der Waals surface area contributed by atoms with Gasteiger partial charge in [0, 0.05) is 0 Å². The van der Waals surface area contributed by atoms with Gasteiger partial charge in [0.25, 0.3) is 0 Å². The first-order valence-electron chi connectivity index (χ1n) is 3.94. The number of aromatic nitrogens is 1. The highest BCUT2D eigenvalue weighted by molar-refractivity contribution is 5.79. The number of carboxylic acid groups (broad SMARTS) is 1. The Balaban J connectivity index is 2.32. The molecule has 5 nitrogen and oxygen atoms in total. The van der Waals surface area contributed by atoms with Crippen molar-refractivity contribution in [2.75, 3.05) is 6.61 Å². The fourth-order valence-electron chi connectivity index (χ4n) is 1.12. The lowest BCUT2D eigenvalue weighted by atomic mass is 10.3. The van der Waals surface area contributed by atoms with E-state index in [4.69, 9.17) is 14.3 Å². The normalized spacial score (nSPS) is 10.3. The number of benzene rings is 1. The topological polar surface area (TPSA) is 72.6 Å². The van der Waals surface area contributed by atoms with Gasteiger partial charge in [-0.1, -0.05) is 6.07 Å². The maximum atomic E-state index is 10.3. The summed E-state index contributed by atoms with van der Waals surface area (Å²) in [4.78, 5) is 14.2. The van der Waals surface area contributed by atoms with Crippen LogP contribution < -0.4 is 4.74 Å². The molecule has 72 valence electrons. The molecule has 0 atom stereocenters. The van der Waals surface area contributed by atoms with E-state index in [2.05, 4.69) is 4.98 Å². The smallest absolute Gasteiger partial charge is 0.341 e. The van der Waals surface area contributed by atoms with Crippen LogP contribution in [0, 0.1) is 0 Å². The Morgan fingerprint density at radius 3 is 3.21 bits per heavy atom. The van der Waals surface area contributed by atoms with Crippen molar-refractivity contribution < 1.29 is 19.1 Å². The summed E-state index contributed by atoms with van der Waals surface area (Å²) in [5.74, 6) is -0.607. The SMILES string of the molecule is O=C(O)COc1cccc2ocnc12. The Kier molecular flexibility index (Phi) is 2.06. The van der Waals surface area contributed by atoms with E-state index in [1.165, 1.54) is 6.39 Å². The molecule has 0 fully saturated rings. The molecule has 1 aromatic carbocycles. The second-order valence-electron chi connectivity index (χ2n) is 2.64. The number of fused-ring (bicyclic) bond motifs is 1. The lowest BCUT2D eigenvalue weighted by molar-refractivity contribution is -0.139. The van der Waals surface area contributed by atoms with Crippen LogP contribution in [0.4, 0.5) is 0 Å². The van der Waals surface area contributed by atoms with E-state index in [0.29, 0.717) is 16.8 Å². The van der Waals surface area contributed by atoms with E-state index in [1.807, 2.05) is 0 Å². The Bertz CT molecular complexity index is 463. The Morgan fingerprint density at radius 1 is 1.57 bits per heavy atom. The second kappa shape index (κ2) is 3.37. The number of para-hydroxylation sites is 1. The first-order chi connectivity index (χ1) is 6.77. The van der Waals surface area contributed by atoms with Gasteiger partial charge in [0.1, 0.15) is 5.75 Å². The minimum atomic E-state index is -1.02. The van der Waals surface area contributed by atoms with Gasteiger partial charge >= 0.3 is 5.97 Å². The van der Waals surface area contributed by atoms with Gasteiger partial charge in [-0.25, -0.2) is 9.78 Å². The molecule has 0 amide bonds. The average molecular weight is 193 g/mol. The predicted molar refractivity (Wildman–Crippen MR) is 47.1 cm³/mol. The van der Waals surface area contributed by atoms with Crippen molar-refractivity contribution in [3.63, 3.8) is 0 Å². The number of carbonyl (C=O) groups is 1. The van der Waals surface area contributed by atoms with E-state index in [0.717, 1.165) is 0 Å². The highest BCUT2D eigenvalue weighted by Crippen LogP contribution is 2.23. The number of oxazole rings is 1. The molecule has 0 saturated carbocycles. The number of nitrogens with zero attached hydrogens (tertiary/aromatic N) is 1. The molecule has 0 saturated heterocycles. The van der Waals surface area contributed by atoms with Gasteiger partial charge in [-0.15, -0.1) is 0 Å². The first kappa shape index (κ1) is 8.55. The average Bonchev–Trinajstić information content (AvgIpc) is 2.62. The van der Waals surface area contributed by atoms with Crippen molar-refractivity contribution in [3.05, 3.63) is 24.6 Å². The minimum absolute atomic E-state index is 0.383. The van der Waals surface area contributed by atoms with Crippen molar-refractivity contribution in [1.29, 1.82) is 0 Å². The molecule has 5 heteroatoms. The summed E-state index contributed by atoms with van der Waals surface area (Å²) in [5, 5.41) is 8.43. The monoisotopic (exact) mass is 193 g/mol. The summed E-state index contributed by atoms with van der Waals surface area (Å²) in [6, 6.07) is 5.09. The third-order valence-electron chi connectivity index (χ3n) is 1.67. The molecule has 2 rings (SSSR count). The number of carboxylic acids is 1. The second-order valence-corrected chi connectivity index (χ2v) is 2.64. The van der Waals surface area contributed by atoms with Crippen LogP contribution in [0.5, 0.6) is 5.75 Å². The van der Waals surface area contributed by atoms with Crippen molar-refractivity contribution in [3.8, 4) is 5.75 Å². The molecule has 0 aliphatic carbocycles. The number of rotatable bonds is 3. The zero-order chi connectivity index (χ0) is 9.97. The molecule has 0 bridgehead atoms. The molecule has 14 heavy (non-hydrogen) atoms. The number of aliphatic carboxylic acids is 1. The van der Waals surface area contributed by atoms with Gasteiger partial charge in [-0.3, -0.25) is 0 Å². The summed E-state index contributed by atoms with van der Waals surface area (Å²) in [6.07, 6.45) is 1.29. The maximum Gasteiger partial charge on any atom is 0.341 e. The van der Waals surface area contributed by atoms with Crippen LogP contribution in [0.25, 0.3) is 11.1 Å². The van der Waals surface area contributed by atoms with Crippen LogP contribution in [0.3, 0.4) is 0 Å². The Labute approximate surface area is 78.9 Å². The maximum absolute atomic E-state index is 10.3. The molecule has 2 aromatic rings. The minimum Gasteiger partial charge on any atom is -0.479 e. The Morgan fingerprint density at radius 2 is 2.43 bits per heavy atom. The highest BCUT2D eigenvalue weighted by Gasteiger charge is 2.06. The van der Waals surface area contributed by atoms with Gasteiger partial charge in [0.15, 0.2) is 24.1 Å². The van der Waals surface area contributed by atoms with Gasteiger partial charge in [-0.05, 0) is 12.1 Å². The molecule has 1 heterocycles. The van der Waals surface area contributed by atoms with Crippen LogP contribution in [0.1, 0.15) is 0 Å². The van der Waals surface area contributed by atoms with E-state index in [1.54, 1.807) is 18.2 Å². The van der Waals surface area contributed by atoms with Crippen LogP contribution >= 0.6 is 0 Å². The van der Waals surface area contributed by atoms with Gasteiger partial charge in [0.2, 0.25) is 0 Å². The van der Waals surface area contributed by atoms with Crippen LogP contribution in [0.2, 0.25) is 0 Å². The summed E-state index contributed by atoms with van der Waals surface area (Å²) in [5.41, 5.74) is 1.11. The summed E-state index contributed by atoms with van der Waals surface area (Å²) >= 11 is 0. The molecule has 0 radical (unpaired) electrons. The zero-order valence-corrected chi connectivity index (χ0v) is 7.14. The lowest BCUT2D eigenvalue weighted by Gasteiger charge is -2.01. The van der Waals surface area contributed by atoms with Gasteiger partial charge < -0.3 is 14.3 Å². The van der Waals surface area contributed by atoms with E-state index < -0.39 is 5.97 Å². The van der Waals surface area contributed by atoms with E-state index in [9.17, 15) is 4.79 Å². The van der Waals surface area contributed by atoms with Crippen LogP contribution in [0.15, 0.2) is 29.0 Å². The summed E-state index contributed by atoms with van der Waals surface area (Å²) in [7, 11) is 0. The van der Waals surface area contributed by atoms with E-state index in [-0.39, 0.29) is 6.61 Å². The molecule has 0 aliphatic rings. The lowest BCUT2D eigenvalue weighted by Crippen LogP contribution is -2.09. The fourth-order valence-corrected chi connectivity index (χ4v) is 1.12. The van der Waals surface area contributed by atoms with Gasteiger partial charge in [-0.2, -0.15) is 0 Å². The summed E-state index contributed by atoms with van der Waals surface area (Å²) < 4.78 is 10.0. The standard InChI is InChI=1S/C9H7NO4/c11-8(12)4-13-6-2-1-3-7-9(6)10-5-14-7/h1-3,5H,4H2,(H,11,12). The predicted octanol–water partition coefficient (Wildman–Crippen LogP) is 1.29. The van der Waals surface area contributed by atoms with Crippen molar-refractivity contribution in [1.82, 2.24) is 4.98 Å². The fraction of sp³-hybridized carbons (Fsp3) is 0.111. The molecule has 0 spiro atoms. The van der Waals surface area contributed by atoms with Crippen molar-refractivity contribution in [2.45, 2.75) is 0 Å². The zero-order valence-electron chi connectivity index (χ0n) is 7.14. The Hall–Kier alpha value is -2.04. The molecule has 0 aliphatic heterocycles.